The Morgan fingerprint density at radius 1 is 1.16 bits per heavy atom. The molecule has 0 aliphatic carbocycles. The van der Waals surface area contributed by atoms with Gasteiger partial charge in [-0.25, -0.2) is 4.98 Å². The molecule has 6 heteroatoms. The standard InChI is InChI=1S/C13H10F3NOS/c14-13(15,16)10-3-1-9(2-4-10)7-11(18)8-12-17-5-6-19-12/h1-6H,7-8H2. The average Bonchev–Trinajstić information content (AvgIpc) is 2.81. The van der Waals surface area contributed by atoms with Crippen molar-refractivity contribution < 1.29 is 18.0 Å². The van der Waals surface area contributed by atoms with Gasteiger partial charge in [-0.1, -0.05) is 12.1 Å². The van der Waals surface area contributed by atoms with Crippen LogP contribution in [0.25, 0.3) is 0 Å². The number of alkyl halides is 3. The van der Waals surface area contributed by atoms with E-state index in [1.165, 1.54) is 23.5 Å². The van der Waals surface area contributed by atoms with Crippen molar-refractivity contribution in [2.75, 3.05) is 0 Å². The molecule has 2 aromatic rings. The number of Topliss-reactive ketones (excluding diaryl/α,β-unsaturated/α-hetero) is 1. The van der Waals surface area contributed by atoms with Crippen LogP contribution in [-0.2, 0) is 23.8 Å². The van der Waals surface area contributed by atoms with Crippen molar-refractivity contribution in [2.24, 2.45) is 0 Å². The highest BCUT2D eigenvalue weighted by Crippen LogP contribution is 2.29. The van der Waals surface area contributed by atoms with E-state index >= 15 is 0 Å². The SMILES string of the molecule is O=C(Cc1ccc(C(F)(F)F)cc1)Cc1nccs1. The fourth-order valence-corrected chi connectivity index (χ4v) is 2.26. The highest BCUT2D eigenvalue weighted by atomic mass is 32.1. The van der Waals surface area contributed by atoms with Crippen LogP contribution in [0.5, 0.6) is 0 Å². The number of benzene rings is 1. The van der Waals surface area contributed by atoms with Gasteiger partial charge in [0.1, 0.15) is 5.78 Å². The van der Waals surface area contributed by atoms with Gasteiger partial charge >= 0.3 is 6.18 Å². The number of carbonyl (C=O) groups is 1. The summed E-state index contributed by atoms with van der Waals surface area (Å²) in [6.45, 7) is 0. The molecule has 0 aliphatic heterocycles. The lowest BCUT2D eigenvalue weighted by Crippen LogP contribution is -2.08. The van der Waals surface area contributed by atoms with Crippen LogP contribution in [0.4, 0.5) is 13.2 Å². The van der Waals surface area contributed by atoms with Gasteiger partial charge in [-0.2, -0.15) is 13.2 Å². The van der Waals surface area contributed by atoms with Crippen molar-refractivity contribution in [1.29, 1.82) is 0 Å². The Kier molecular flexibility index (Phi) is 3.99. The molecule has 0 amide bonds. The van der Waals surface area contributed by atoms with Crippen LogP contribution in [0.15, 0.2) is 35.8 Å². The van der Waals surface area contributed by atoms with Gasteiger partial charge in [-0.15, -0.1) is 11.3 Å². The molecule has 0 fully saturated rings. The van der Waals surface area contributed by atoms with Gasteiger partial charge < -0.3 is 0 Å². The summed E-state index contributed by atoms with van der Waals surface area (Å²) >= 11 is 1.39. The quantitative estimate of drug-likeness (QED) is 0.860. The fraction of sp³-hybridized carbons (Fsp3) is 0.231. The first-order valence-corrected chi connectivity index (χ1v) is 6.39. The Hall–Kier alpha value is -1.69. The zero-order chi connectivity index (χ0) is 13.9. The maximum Gasteiger partial charge on any atom is 0.416 e. The molecule has 0 saturated heterocycles. The maximum atomic E-state index is 12.4. The van der Waals surface area contributed by atoms with E-state index in [4.69, 9.17) is 0 Å². The molecule has 0 unspecified atom stereocenters. The summed E-state index contributed by atoms with van der Waals surface area (Å²) in [4.78, 5) is 15.7. The highest BCUT2D eigenvalue weighted by molar-refractivity contribution is 7.09. The van der Waals surface area contributed by atoms with E-state index < -0.39 is 11.7 Å². The van der Waals surface area contributed by atoms with Gasteiger partial charge in [0.25, 0.3) is 0 Å². The van der Waals surface area contributed by atoms with Crippen molar-refractivity contribution in [1.82, 2.24) is 4.98 Å². The fourth-order valence-electron chi connectivity index (χ4n) is 1.61. The summed E-state index contributed by atoms with van der Waals surface area (Å²) in [6.07, 6.45) is -2.38. The molecule has 2 rings (SSSR count). The minimum atomic E-state index is -4.34. The minimum Gasteiger partial charge on any atom is -0.299 e. The molecule has 1 aromatic carbocycles. The van der Waals surface area contributed by atoms with Gasteiger partial charge in [0.05, 0.1) is 17.0 Å². The molecule has 1 aromatic heterocycles. The first-order valence-electron chi connectivity index (χ1n) is 5.51. The van der Waals surface area contributed by atoms with Crippen molar-refractivity contribution in [3.8, 4) is 0 Å². The normalized spacial score (nSPS) is 11.5. The van der Waals surface area contributed by atoms with Crippen LogP contribution in [0, 0.1) is 0 Å². The Labute approximate surface area is 111 Å². The third-order valence-corrected chi connectivity index (χ3v) is 3.29. The summed E-state index contributed by atoms with van der Waals surface area (Å²) in [5.41, 5.74) is -0.127. The summed E-state index contributed by atoms with van der Waals surface area (Å²) in [5, 5.41) is 2.50. The number of thiazole rings is 1. The van der Waals surface area contributed by atoms with Crippen LogP contribution in [0.3, 0.4) is 0 Å². The third kappa shape index (κ3) is 3.89. The lowest BCUT2D eigenvalue weighted by atomic mass is 10.1. The lowest BCUT2D eigenvalue weighted by molar-refractivity contribution is -0.137. The second-order valence-electron chi connectivity index (χ2n) is 4.01. The molecular weight excluding hydrogens is 275 g/mol. The van der Waals surface area contributed by atoms with Crippen molar-refractivity contribution >= 4 is 17.1 Å². The van der Waals surface area contributed by atoms with E-state index in [9.17, 15) is 18.0 Å². The van der Waals surface area contributed by atoms with Gasteiger partial charge in [-0.3, -0.25) is 4.79 Å². The highest BCUT2D eigenvalue weighted by Gasteiger charge is 2.29. The topological polar surface area (TPSA) is 30.0 Å². The summed E-state index contributed by atoms with van der Waals surface area (Å²) < 4.78 is 37.1. The van der Waals surface area contributed by atoms with Crippen LogP contribution < -0.4 is 0 Å². The van der Waals surface area contributed by atoms with Gasteiger partial charge in [0, 0.05) is 18.0 Å². The zero-order valence-electron chi connectivity index (χ0n) is 9.78. The van der Waals surface area contributed by atoms with Gasteiger partial charge in [0.15, 0.2) is 0 Å². The first kappa shape index (κ1) is 13.7. The molecule has 1 heterocycles. The van der Waals surface area contributed by atoms with Crippen LogP contribution in [0.2, 0.25) is 0 Å². The Morgan fingerprint density at radius 2 is 1.84 bits per heavy atom. The minimum absolute atomic E-state index is 0.0605. The number of carbonyl (C=O) groups excluding carboxylic acids is 1. The second kappa shape index (κ2) is 5.52. The number of hydrogen-bond acceptors (Lipinski definition) is 3. The molecule has 0 aliphatic rings. The van der Waals surface area contributed by atoms with Gasteiger partial charge in [0.2, 0.25) is 0 Å². The van der Waals surface area contributed by atoms with E-state index in [-0.39, 0.29) is 18.6 Å². The molecule has 0 atom stereocenters. The molecule has 0 radical (unpaired) electrons. The molecule has 0 N–H and O–H groups in total. The van der Waals surface area contributed by atoms with Crippen LogP contribution in [-0.4, -0.2) is 10.8 Å². The summed E-state index contributed by atoms with van der Waals surface area (Å²) in [7, 11) is 0. The lowest BCUT2D eigenvalue weighted by Gasteiger charge is -2.07. The number of halogens is 3. The Bertz CT molecular complexity index is 546. The molecule has 0 spiro atoms. The number of hydrogen-bond donors (Lipinski definition) is 0. The summed E-state index contributed by atoms with van der Waals surface area (Å²) in [6, 6.07) is 4.66. The number of ketones is 1. The molecule has 2 nitrogen and oxygen atoms in total. The van der Waals surface area contributed by atoms with Crippen molar-refractivity contribution in [2.45, 2.75) is 19.0 Å². The number of nitrogens with zero attached hydrogens (tertiary/aromatic N) is 1. The number of rotatable bonds is 4. The smallest absolute Gasteiger partial charge is 0.299 e. The molecule has 100 valence electrons. The predicted octanol–water partition coefficient (Wildman–Crippen LogP) is 3.52. The maximum absolute atomic E-state index is 12.4. The van der Waals surface area contributed by atoms with Crippen molar-refractivity contribution in [3.05, 3.63) is 52.0 Å². The van der Waals surface area contributed by atoms with Crippen LogP contribution in [0.1, 0.15) is 16.1 Å². The zero-order valence-corrected chi connectivity index (χ0v) is 10.6. The van der Waals surface area contributed by atoms with E-state index in [1.54, 1.807) is 11.6 Å². The van der Waals surface area contributed by atoms with E-state index in [0.717, 1.165) is 17.1 Å². The largest absolute Gasteiger partial charge is 0.416 e. The third-order valence-electron chi connectivity index (χ3n) is 2.51. The van der Waals surface area contributed by atoms with E-state index in [0.29, 0.717) is 5.56 Å². The van der Waals surface area contributed by atoms with Crippen LogP contribution >= 0.6 is 11.3 Å². The van der Waals surface area contributed by atoms with E-state index in [2.05, 4.69) is 4.98 Å². The molecule has 19 heavy (non-hydrogen) atoms. The Morgan fingerprint density at radius 3 is 2.37 bits per heavy atom. The summed E-state index contributed by atoms with van der Waals surface area (Å²) in [5.74, 6) is -0.0605. The monoisotopic (exact) mass is 285 g/mol. The molecular formula is C13H10F3NOS. The molecule has 0 saturated carbocycles. The second-order valence-corrected chi connectivity index (χ2v) is 4.99. The Balaban J connectivity index is 1.98. The van der Waals surface area contributed by atoms with Gasteiger partial charge in [-0.05, 0) is 17.7 Å². The average molecular weight is 285 g/mol. The first-order chi connectivity index (χ1) is 8.95. The van der Waals surface area contributed by atoms with E-state index in [1.807, 2.05) is 0 Å². The van der Waals surface area contributed by atoms with Crippen molar-refractivity contribution in [3.63, 3.8) is 0 Å². The predicted molar refractivity (Wildman–Crippen MR) is 66.0 cm³/mol. The number of aromatic nitrogens is 1. The molecule has 0 bridgehead atoms.